The topological polar surface area (TPSA) is 42.9 Å². The van der Waals surface area contributed by atoms with Crippen molar-refractivity contribution in [1.82, 2.24) is 20.4 Å². The van der Waals surface area contributed by atoms with Crippen molar-refractivity contribution in [2.24, 2.45) is 4.99 Å². The largest absolute Gasteiger partial charge is 0.356 e. The predicted molar refractivity (Wildman–Crippen MR) is 123 cm³/mol. The van der Waals surface area contributed by atoms with Crippen molar-refractivity contribution in [2.75, 3.05) is 52.9 Å². The van der Waals surface area contributed by atoms with Gasteiger partial charge in [-0.2, -0.15) is 0 Å². The lowest BCUT2D eigenvalue weighted by Gasteiger charge is -2.34. The first kappa shape index (κ1) is 24.1. The maximum Gasteiger partial charge on any atom is 0.191 e. The first-order valence-corrected chi connectivity index (χ1v) is 9.76. The fraction of sp³-hybridized carbons (Fsp3) is 0.650. The van der Waals surface area contributed by atoms with Crippen LogP contribution in [0.3, 0.4) is 0 Å². The van der Waals surface area contributed by atoms with Crippen LogP contribution in [0.2, 0.25) is 0 Å². The van der Waals surface area contributed by atoms with Crippen molar-refractivity contribution < 1.29 is 4.39 Å². The molecule has 1 fully saturated rings. The first-order valence-electron chi connectivity index (χ1n) is 9.76. The molecule has 0 unspecified atom stereocenters. The summed E-state index contributed by atoms with van der Waals surface area (Å²) in [6.07, 6.45) is 2.33. The van der Waals surface area contributed by atoms with E-state index in [1.54, 1.807) is 20.0 Å². The van der Waals surface area contributed by atoms with E-state index >= 15 is 0 Å². The Morgan fingerprint density at radius 1 is 1.11 bits per heavy atom. The molecule has 1 aliphatic rings. The Hall–Kier alpha value is -0.930. The molecule has 154 valence electrons. The zero-order valence-electron chi connectivity index (χ0n) is 16.9. The summed E-state index contributed by atoms with van der Waals surface area (Å²) in [5.74, 6) is 0.635. The molecule has 2 N–H and O–H groups in total. The molecule has 27 heavy (non-hydrogen) atoms. The highest BCUT2D eigenvalue weighted by atomic mass is 127. The van der Waals surface area contributed by atoms with Gasteiger partial charge in [0.25, 0.3) is 0 Å². The number of piperazine rings is 1. The number of unbranched alkanes of at least 4 members (excludes halogenated alkanes) is 1. The number of hydrogen-bond donors (Lipinski definition) is 2. The highest BCUT2D eigenvalue weighted by molar-refractivity contribution is 14.0. The zero-order chi connectivity index (χ0) is 18.8. The van der Waals surface area contributed by atoms with E-state index in [1.165, 1.54) is 51.8 Å². The lowest BCUT2D eigenvalue weighted by molar-refractivity contribution is 0.136. The molecule has 5 nitrogen and oxygen atoms in total. The first-order chi connectivity index (χ1) is 12.6. The summed E-state index contributed by atoms with van der Waals surface area (Å²) >= 11 is 0. The summed E-state index contributed by atoms with van der Waals surface area (Å²) in [6, 6.07) is 5.19. The molecule has 0 aliphatic carbocycles. The molecule has 0 aromatic heterocycles. The Morgan fingerprint density at radius 2 is 1.81 bits per heavy atom. The van der Waals surface area contributed by atoms with Crippen LogP contribution in [0, 0.1) is 12.7 Å². The molecule has 2 rings (SSSR count). The number of nitrogens with one attached hydrogen (secondary N) is 2. The van der Waals surface area contributed by atoms with Crippen molar-refractivity contribution in [1.29, 1.82) is 0 Å². The van der Waals surface area contributed by atoms with Gasteiger partial charge < -0.3 is 20.4 Å². The van der Waals surface area contributed by atoms with Gasteiger partial charge in [0.05, 0.1) is 0 Å². The summed E-state index contributed by atoms with van der Waals surface area (Å²) < 4.78 is 13.3. The number of halogens is 2. The van der Waals surface area contributed by atoms with Crippen molar-refractivity contribution in [2.45, 2.75) is 33.2 Å². The number of rotatable bonds is 8. The zero-order valence-corrected chi connectivity index (χ0v) is 19.3. The van der Waals surface area contributed by atoms with Gasteiger partial charge >= 0.3 is 0 Å². The number of guanidine groups is 1. The lowest BCUT2D eigenvalue weighted by Crippen LogP contribution is -2.46. The Balaban J connectivity index is 0.00000364. The maximum atomic E-state index is 13.3. The van der Waals surface area contributed by atoms with Gasteiger partial charge in [-0.05, 0) is 50.0 Å². The van der Waals surface area contributed by atoms with Crippen LogP contribution < -0.4 is 10.6 Å². The third-order valence-corrected chi connectivity index (χ3v) is 5.01. The molecule has 1 heterocycles. The molecule has 0 atom stereocenters. The second-order valence-corrected chi connectivity index (χ2v) is 6.92. The molecular formula is C20H35FIN5. The van der Waals surface area contributed by atoms with Gasteiger partial charge in [0.1, 0.15) is 5.82 Å². The van der Waals surface area contributed by atoms with Gasteiger partial charge in [-0.15, -0.1) is 24.0 Å². The van der Waals surface area contributed by atoms with Crippen molar-refractivity contribution in [3.8, 4) is 0 Å². The Kier molecular flexibility index (Phi) is 11.9. The van der Waals surface area contributed by atoms with Crippen LogP contribution in [-0.2, 0) is 6.54 Å². The van der Waals surface area contributed by atoms with E-state index in [4.69, 9.17) is 0 Å². The van der Waals surface area contributed by atoms with Crippen LogP contribution in [0.25, 0.3) is 0 Å². The molecule has 7 heteroatoms. The highest BCUT2D eigenvalue weighted by Gasteiger charge is 2.14. The lowest BCUT2D eigenvalue weighted by atomic mass is 10.1. The van der Waals surface area contributed by atoms with Crippen LogP contribution in [0.4, 0.5) is 4.39 Å². The number of likely N-dealkylation sites (N-methyl/N-ethyl adjacent to an activating group) is 1. The van der Waals surface area contributed by atoms with Crippen molar-refractivity contribution in [3.63, 3.8) is 0 Å². The smallest absolute Gasteiger partial charge is 0.191 e. The van der Waals surface area contributed by atoms with Crippen molar-refractivity contribution >= 4 is 29.9 Å². The predicted octanol–water partition coefficient (Wildman–Crippen LogP) is 2.83. The van der Waals surface area contributed by atoms with E-state index in [9.17, 15) is 4.39 Å². The summed E-state index contributed by atoms with van der Waals surface area (Å²) in [5.41, 5.74) is 1.73. The average Bonchev–Trinajstić information content (AvgIpc) is 2.67. The van der Waals surface area contributed by atoms with E-state index in [-0.39, 0.29) is 29.8 Å². The van der Waals surface area contributed by atoms with Gasteiger partial charge in [-0.1, -0.05) is 19.1 Å². The Labute approximate surface area is 180 Å². The molecule has 1 saturated heterocycles. The molecule has 1 aromatic carbocycles. The average molecular weight is 491 g/mol. The van der Waals surface area contributed by atoms with Gasteiger partial charge in [0.15, 0.2) is 5.96 Å². The van der Waals surface area contributed by atoms with Crippen LogP contribution in [0.15, 0.2) is 23.2 Å². The standard InChI is InChI=1S/C20H34FN5.HI/c1-4-25-11-13-26(14-12-25)10-6-5-9-23-20(22-3)24-16-18-7-8-19(21)17(2)15-18;/h7-8,15H,4-6,9-14,16H2,1-3H3,(H2,22,23,24);1H. The molecule has 0 bridgehead atoms. The SMILES string of the molecule is CCN1CCN(CCCCNC(=NC)NCc2ccc(F)c(C)c2)CC1.I. The number of benzene rings is 1. The van der Waals surface area contributed by atoms with E-state index in [2.05, 4.69) is 32.3 Å². The number of aliphatic imine (C=N–C) groups is 1. The Morgan fingerprint density at radius 3 is 2.44 bits per heavy atom. The maximum absolute atomic E-state index is 13.3. The van der Waals surface area contributed by atoms with E-state index in [1.807, 2.05) is 6.07 Å². The third kappa shape index (κ3) is 8.74. The second kappa shape index (κ2) is 13.3. The molecular weight excluding hydrogens is 456 g/mol. The highest BCUT2D eigenvalue weighted by Crippen LogP contribution is 2.08. The van der Waals surface area contributed by atoms with Gasteiger partial charge in [0.2, 0.25) is 0 Å². The van der Waals surface area contributed by atoms with E-state index in [0.717, 1.165) is 24.5 Å². The monoisotopic (exact) mass is 491 g/mol. The molecule has 0 saturated carbocycles. The van der Waals surface area contributed by atoms with Crippen LogP contribution in [0.1, 0.15) is 30.9 Å². The fourth-order valence-corrected chi connectivity index (χ4v) is 3.22. The summed E-state index contributed by atoms with van der Waals surface area (Å²) in [6.45, 7) is 12.7. The molecule has 1 aromatic rings. The van der Waals surface area contributed by atoms with Gasteiger partial charge in [-0.25, -0.2) is 4.39 Å². The molecule has 0 amide bonds. The minimum atomic E-state index is -0.160. The van der Waals surface area contributed by atoms with E-state index in [0.29, 0.717) is 12.1 Å². The minimum Gasteiger partial charge on any atom is -0.356 e. The summed E-state index contributed by atoms with van der Waals surface area (Å²) in [5, 5.41) is 6.64. The van der Waals surface area contributed by atoms with Crippen LogP contribution >= 0.6 is 24.0 Å². The van der Waals surface area contributed by atoms with Crippen LogP contribution in [0.5, 0.6) is 0 Å². The molecule has 0 spiro atoms. The van der Waals surface area contributed by atoms with Crippen molar-refractivity contribution in [3.05, 3.63) is 35.1 Å². The van der Waals surface area contributed by atoms with E-state index < -0.39 is 0 Å². The second-order valence-electron chi connectivity index (χ2n) is 6.92. The van der Waals surface area contributed by atoms with Gasteiger partial charge in [-0.3, -0.25) is 4.99 Å². The molecule has 0 radical (unpaired) electrons. The molecule has 1 aliphatic heterocycles. The van der Waals surface area contributed by atoms with Gasteiger partial charge in [0, 0.05) is 46.3 Å². The quantitative estimate of drug-likeness (QED) is 0.254. The normalized spacial score (nSPS) is 16.1. The number of nitrogens with zero attached hydrogens (tertiary/aromatic N) is 3. The summed E-state index contributed by atoms with van der Waals surface area (Å²) in [4.78, 5) is 9.33. The summed E-state index contributed by atoms with van der Waals surface area (Å²) in [7, 11) is 1.78. The number of hydrogen-bond acceptors (Lipinski definition) is 3. The Bertz CT molecular complexity index is 573. The minimum absolute atomic E-state index is 0. The number of aryl methyl sites for hydroxylation is 1. The fourth-order valence-electron chi connectivity index (χ4n) is 3.22. The third-order valence-electron chi connectivity index (χ3n) is 5.01. The van der Waals surface area contributed by atoms with Crippen LogP contribution in [-0.4, -0.2) is 68.6 Å².